The Balaban J connectivity index is 1.41. The summed E-state index contributed by atoms with van der Waals surface area (Å²) in [6.07, 6.45) is 0. The highest BCUT2D eigenvalue weighted by Crippen LogP contribution is 2.37. The van der Waals surface area contributed by atoms with Gasteiger partial charge in [0.25, 0.3) is 0 Å². The Labute approximate surface area is 291 Å². The Hall–Kier alpha value is -6.97. The summed E-state index contributed by atoms with van der Waals surface area (Å²) in [4.78, 5) is 0. The third kappa shape index (κ3) is 4.88. The number of hydrogen-bond donors (Lipinski definition) is 0. The first-order chi connectivity index (χ1) is 24.6. The predicted molar refractivity (Wildman–Crippen MR) is 204 cm³/mol. The fourth-order valence-electron chi connectivity index (χ4n) is 7.43. The first-order valence-corrected chi connectivity index (χ1v) is 18.4. The van der Waals surface area contributed by atoms with Crippen LogP contribution in [0.1, 0.15) is 16.7 Å². The quantitative estimate of drug-likeness (QED) is 0.138. The van der Waals surface area contributed by atoms with Crippen molar-refractivity contribution in [3.05, 3.63) is 187 Å². The average molecular weight is 653 g/mol. The minimum atomic E-state index is -2.87. The van der Waals surface area contributed by atoms with Crippen LogP contribution in [0.4, 0.5) is 0 Å². The largest absolute Gasteiger partial charge is 0.309 e. The number of nitriles is 3. The van der Waals surface area contributed by atoms with Crippen molar-refractivity contribution in [2.75, 3.05) is 0 Å². The molecule has 0 aliphatic carbocycles. The van der Waals surface area contributed by atoms with E-state index in [0.717, 1.165) is 38.6 Å². The van der Waals surface area contributed by atoms with Crippen molar-refractivity contribution in [2.24, 2.45) is 0 Å². The second-order valence-corrected chi connectivity index (χ2v) is 16.1. The standard InChI is InChI=1S/C45H28N4Si/c46-29-32-18-22-38(23-19-32)50(36-11-3-1-4-12-36,37-13-5-2-6-14-37)39-15-9-10-35(28-39)40-16-7-8-17-43(40)49-44-24-20-33(30-47)26-41(44)42-27-34(31-48)21-25-45(42)49/h1-28H. The van der Waals surface area contributed by atoms with Gasteiger partial charge in [-0.1, -0.05) is 115 Å². The average Bonchev–Trinajstić information content (AvgIpc) is 3.52. The van der Waals surface area contributed by atoms with E-state index < -0.39 is 8.07 Å². The van der Waals surface area contributed by atoms with Crippen LogP contribution >= 0.6 is 0 Å². The van der Waals surface area contributed by atoms with E-state index in [1.807, 2.05) is 48.5 Å². The summed E-state index contributed by atoms with van der Waals surface area (Å²) in [5.41, 5.74) is 6.86. The highest BCUT2D eigenvalue weighted by Gasteiger charge is 2.41. The highest BCUT2D eigenvalue weighted by atomic mass is 28.3. The molecule has 0 unspecified atom stereocenters. The van der Waals surface area contributed by atoms with E-state index in [9.17, 15) is 15.8 Å². The molecule has 1 heterocycles. The molecule has 0 fully saturated rings. The third-order valence-electron chi connectivity index (χ3n) is 9.64. The van der Waals surface area contributed by atoms with Crippen molar-refractivity contribution in [3.63, 3.8) is 0 Å². The molecular weight excluding hydrogens is 625 g/mol. The van der Waals surface area contributed by atoms with Gasteiger partial charge in [-0.05, 0) is 80.9 Å². The van der Waals surface area contributed by atoms with Gasteiger partial charge in [0.1, 0.15) is 0 Å². The lowest BCUT2D eigenvalue weighted by molar-refractivity contribution is 1.18. The molecule has 1 aromatic heterocycles. The van der Waals surface area contributed by atoms with Crippen LogP contribution in [0.3, 0.4) is 0 Å². The zero-order valence-electron chi connectivity index (χ0n) is 27.0. The van der Waals surface area contributed by atoms with Gasteiger partial charge in [-0.25, -0.2) is 0 Å². The van der Waals surface area contributed by atoms with Crippen molar-refractivity contribution >= 4 is 50.6 Å². The lowest BCUT2D eigenvalue weighted by atomic mass is 10.0. The fraction of sp³-hybridized carbons (Fsp3) is 0. The Bertz CT molecular complexity index is 2560. The second-order valence-electron chi connectivity index (χ2n) is 12.3. The smallest absolute Gasteiger partial charge is 0.179 e. The van der Waals surface area contributed by atoms with Gasteiger partial charge in [-0.15, -0.1) is 0 Å². The molecule has 0 N–H and O–H groups in total. The third-order valence-corrected chi connectivity index (χ3v) is 14.4. The van der Waals surface area contributed by atoms with Crippen LogP contribution in [0.2, 0.25) is 0 Å². The van der Waals surface area contributed by atoms with Crippen molar-refractivity contribution < 1.29 is 0 Å². The van der Waals surface area contributed by atoms with Gasteiger partial charge in [0.05, 0.1) is 51.6 Å². The van der Waals surface area contributed by atoms with Crippen molar-refractivity contribution in [1.29, 1.82) is 15.8 Å². The maximum Gasteiger partial charge on any atom is 0.179 e. The molecule has 4 nitrogen and oxygen atoms in total. The Morgan fingerprint density at radius 3 is 1.44 bits per heavy atom. The molecule has 0 radical (unpaired) electrons. The Morgan fingerprint density at radius 1 is 0.400 bits per heavy atom. The van der Waals surface area contributed by atoms with Crippen LogP contribution in [0, 0.1) is 34.0 Å². The first kappa shape index (κ1) is 30.4. The summed E-state index contributed by atoms with van der Waals surface area (Å²) in [5.74, 6) is 0. The molecule has 7 aromatic carbocycles. The molecule has 0 aliphatic rings. The van der Waals surface area contributed by atoms with Gasteiger partial charge in [0.15, 0.2) is 8.07 Å². The van der Waals surface area contributed by atoms with Crippen LogP contribution in [0.25, 0.3) is 38.6 Å². The molecular formula is C45H28N4Si. The number of nitrogens with zero attached hydrogens (tertiary/aromatic N) is 4. The molecule has 232 valence electrons. The molecule has 0 atom stereocenters. The van der Waals surface area contributed by atoms with Gasteiger partial charge in [-0.3, -0.25) is 0 Å². The van der Waals surface area contributed by atoms with E-state index in [1.165, 1.54) is 20.7 Å². The first-order valence-electron chi connectivity index (χ1n) is 16.4. The summed E-state index contributed by atoms with van der Waals surface area (Å²) in [6.45, 7) is 0. The summed E-state index contributed by atoms with van der Waals surface area (Å²) < 4.78 is 2.24. The minimum absolute atomic E-state index is 0.575. The van der Waals surface area contributed by atoms with Gasteiger partial charge in [0, 0.05) is 16.3 Å². The lowest BCUT2D eigenvalue weighted by Crippen LogP contribution is -2.74. The molecule has 8 rings (SSSR count). The summed E-state index contributed by atoms with van der Waals surface area (Å²) in [7, 11) is -2.87. The molecule has 50 heavy (non-hydrogen) atoms. The highest BCUT2D eigenvalue weighted by molar-refractivity contribution is 7.19. The van der Waals surface area contributed by atoms with Gasteiger partial charge in [0.2, 0.25) is 0 Å². The number of rotatable bonds is 6. The number of para-hydroxylation sites is 1. The van der Waals surface area contributed by atoms with E-state index >= 15 is 0 Å². The second kappa shape index (κ2) is 12.6. The zero-order valence-corrected chi connectivity index (χ0v) is 28.0. The zero-order chi connectivity index (χ0) is 34.1. The maximum atomic E-state index is 9.73. The molecule has 0 saturated carbocycles. The van der Waals surface area contributed by atoms with E-state index in [-0.39, 0.29) is 0 Å². The monoisotopic (exact) mass is 652 g/mol. The Kier molecular flexibility index (Phi) is 7.63. The van der Waals surface area contributed by atoms with Crippen LogP contribution in [-0.2, 0) is 0 Å². The van der Waals surface area contributed by atoms with E-state index in [4.69, 9.17) is 0 Å². The Morgan fingerprint density at radius 2 is 0.880 bits per heavy atom. The lowest BCUT2D eigenvalue weighted by Gasteiger charge is -2.34. The van der Waals surface area contributed by atoms with Crippen molar-refractivity contribution in [1.82, 2.24) is 4.57 Å². The molecule has 8 aromatic rings. The normalized spacial score (nSPS) is 11.1. The molecule has 0 aliphatic heterocycles. The van der Waals surface area contributed by atoms with Gasteiger partial charge < -0.3 is 4.57 Å². The molecule has 0 spiro atoms. The fourth-order valence-corrected chi connectivity index (χ4v) is 12.2. The maximum absolute atomic E-state index is 9.73. The van der Waals surface area contributed by atoms with Crippen molar-refractivity contribution in [2.45, 2.75) is 0 Å². The molecule has 0 bridgehead atoms. The van der Waals surface area contributed by atoms with E-state index in [1.54, 1.807) is 0 Å². The molecule has 5 heteroatoms. The number of fused-ring (bicyclic) bond motifs is 3. The van der Waals surface area contributed by atoms with Gasteiger partial charge in [-0.2, -0.15) is 15.8 Å². The van der Waals surface area contributed by atoms with Gasteiger partial charge >= 0.3 is 0 Å². The topological polar surface area (TPSA) is 76.3 Å². The van der Waals surface area contributed by atoms with Crippen LogP contribution in [0.5, 0.6) is 0 Å². The number of hydrogen-bond acceptors (Lipinski definition) is 3. The number of benzene rings is 7. The number of aromatic nitrogens is 1. The predicted octanol–water partition coefficient (Wildman–Crippen LogP) is 7.44. The van der Waals surface area contributed by atoms with E-state index in [2.05, 4.69) is 144 Å². The van der Waals surface area contributed by atoms with Crippen molar-refractivity contribution in [3.8, 4) is 35.0 Å². The summed E-state index contributed by atoms with van der Waals surface area (Å²) in [5, 5.41) is 35.9. The van der Waals surface area contributed by atoms with Crippen LogP contribution < -0.4 is 20.7 Å². The molecule has 0 amide bonds. The summed E-state index contributed by atoms with van der Waals surface area (Å²) >= 11 is 0. The van der Waals surface area contributed by atoms with E-state index in [0.29, 0.717) is 16.7 Å². The SMILES string of the molecule is N#Cc1ccc([Si](c2ccccc2)(c2ccccc2)c2cccc(-c3ccccc3-n3c4ccc(C#N)cc4c4cc(C#N)ccc43)c2)cc1. The molecule has 0 saturated heterocycles. The van der Waals surface area contributed by atoms with Crippen LogP contribution in [0.15, 0.2) is 170 Å². The minimum Gasteiger partial charge on any atom is -0.309 e. The van der Waals surface area contributed by atoms with Crippen LogP contribution in [-0.4, -0.2) is 12.6 Å². The summed E-state index contributed by atoms with van der Waals surface area (Å²) in [6, 6.07) is 65.4.